The quantitative estimate of drug-likeness (QED) is 0.635. The van der Waals surface area contributed by atoms with Crippen LogP contribution in [-0.4, -0.2) is 28.5 Å². The molecule has 1 rings (SSSR count). The average Bonchev–Trinajstić information content (AvgIpc) is 2.63. The van der Waals surface area contributed by atoms with Crippen molar-refractivity contribution < 1.29 is 4.79 Å². The number of nitrogens with two attached hydrogens (primary N) is 1. The number of hydrogen-bond donors (Lipinski definition) is 2. The van der Waals surface area contributed by atoms with Gasteiger partial charge < -0.3 is 15.6 Å². The number of hydrogen-bond acceptors (Lipinski definition) is 3. The summed E-state index contributed by atoms with van der Waals surface area (Å²) in [4.78, 5) is 15.3. The van der Waals surface area contributed by atoms with Crippen LogP contribution in [0.5, 0.6) is 0 Å². The van der Waals surface area contributed by atoms with Crippen molar-refractivity contribution in [1.82, 2.24) is 14.9 Å². The maximum Gasteiger partial charge on any atom is 0.271 e. The Bertz CT molecular complexity index is 318. The maximum absolute atomic E-state index is 11.4. The molecule has 0 fully saturated rings. The van der Waals surface area contributed by atoms with E-state index < -0.39 is 0 Å². The predicted octanol–water partition coefficient (Wildman–Crippen LogP) is -0.242. The molecule has 3 N–H and O–H groups in total. The van der Waals surface area contributed by atoms with Crippen LogP contribution in [-0.2, 0) is 6.54 Å². The number of nitrogens with zero attached hydrogens (tertiary/aromatic N) is 2. The minimum atomic E-state index is -0.194. The van der Waals surface area contributed by atoms with Crippen LogP contribution in [0.25, 0.3) is 0 Å². The summed E-state index contributed by atoms with van der Waals surface area (Å²) in [5, 5.41) is 2.64. The van der Waals surface area contributed by atoms with Crippen LogP contribution >= 0.6 is 0 Å². The molecule has 1 aromatic heterocycles. The number of carbonyl (C=O) groups is 1. The highest BCUT2D eigenvalue weighted by Gasteiger charge is 2.06. The van der Waals surface area contributed by atoms with E-state index in [2.05, 4.69) is 16.9 Å². The van der Waals surface area contributed by atoms with Crippen LogP contribution < -0.4 is 11.1 Å². The molecule has 0 aromatic carbocycles. The Hall–Kier alpha value is -1.62. The average molecular weight is 194 g/mol. The molecule has 14 heavy (non-hydrogen) atoms. The predicted molar refractivity (Wildman–Crippen MR) is 53.8 cm³/mol. The fourth-order valence-corrected chi connectivity index (χ4v) is 1.00. The van der Waals surface area contributed by atoms with Crippen LogP contribution in [0.4, 0.5) is 0 Å². The van der Waals surface area contributed by atoms with Crippen LogP contribution in [0, 0.1) is 0 Å². The van der Waals surface area contributed by atoms with Crippen LogP contribution in [0.1, 0.15) is 10.5 Å². The van der Waals surface area contributed by atoms with E-state index in [1.807, 2.05) is 0 Å². The number of aromatic nitrogens is 2. The summed E-state index contributed by atoms with van der Waals surface area (Å²) in [5.41, 5.74) is 5.77. The van der Waals surface area contributed by atoms with Gasteiger partial charge in [-0.2, -0.15) is 0 Å². The van der Waals surface area contributed by atoms with Crippen molar-refractivity contribution in [2.75, 3.05) is 13.1 Å². The monoisotopic (exact) mass is 194 g/mol. The van der Waals surface area contributed by atoms with Gasteiger partial charge in [-0.05, 0) is 0 Å². The molecule has 0 aliphatic rings. The third-order valence-corrected chi connectivity index (χ3v) is 1.66. The molecule has 0 saturated heterocycles. The Kier molecular flexibility index (Phi) is 3.87. The zero-order valence-electron chi connectivity index (χ0n) is 7.94. The molecule has 0 saturated carbocycles. The van der Waals surface area contributed by atoms with E-state index in [-0.39, 0.29) is 5.91 Å². The van der Waals surface area contributed by atoms with Gasteiger partial charge in [0.1, 0.15) is 5.69 Å². The zero-order valence-corrected chi connectivity index (χ0v) is 7.94. The van der Waals surface area contributed by atoms with Crippen molar-refractivity contribution in [1.29, 1.82) is 0 Å². The number of nitrogens with one attached hydrogen (secondary N) is 1. The second-order valence-electron chi connectivity index (χ2n) is 2.78. The van der Waals surface area contributed by atoms with E-state index in [1.54, 1.807) is 23.2 Å². The molecule has 1 amide bonds. The van der Waals surface area contributed by atoms with Crippen molar-refractivity contribution in [3.63, 3.8) is 0 Å². The summed E-state index contributed by atoms with van der Waals surface area (Å²) in [6.07, 6.45) is 4.88. The summed E-state index contributed by atoms with van der Waals surface area (Å²) >= 11 is 0. The Balaban J connectivity index is 2.57. The Morgan fingerprint density at radius 2 is 2.57 bits per heavy atom. The fraction of sp³-hybridized carbons (Fsp3) is 0.333. The van der Waals surface area contributed by atoms with Gasteiger partial charge in [-0.3, -0.25) is 4.79 Å². The molecule has 0 atom stereocenters. The fourth-order valence-electron chi connectivity index (χ4n) is 1.00. The molecular weight excluding hydrogens is 180 g/mol. The van der Waals surface area contributed by atoms with Gasteiger partial charge in [0.2, 0.25) is 0 Å². The summed E-state index contributed by atoms with van der Waals surface area (Å²) < 4.78 is 1.78. The van der Waals surface area contributed by atoms with Crippen LogP contribution in [0.2, 0.25) is 0 Å². The van der Waals surface area contributed by atoms with Gasteiger partial charge in [-0.15, -0.1) is 6.58 Å². The molecular formula is C9H14N4O. The normalized spacial score (nSPS) is 9.79. The molecule has 0 radical (unpaired) electrons. The van der Waals surface area contributed by atoms with Crippen LogP contribution in [0.3, 0.4) is 0 Å². The number of rotatable bonds is 5. The summed E-state index contributed by atoms with van der Waals surface area (Å²) in [5.74, 6) is -0.194. The molecule has 1 aromatic rings. The molecule has 0 aliphatic carbocycles. The van der Waals surface area contributed by atoms with Gasteiger partial charge in [0.15, 0.2) is 0 Å². The lowest BCUT2D eigenvalue weighted by Crippen LogP contribution is -2.23. The highest BCUT2D eigenvalue weighted by atomic mass is 16.1. The summed E-state index contributed by atoms with van der Waals surface area (Å²) in [6.45, 7) is 5.15. The van der Waals surface area contributed by atoms with Crippen molar-refractivity contribution >= 4 is 5.91 Å². The Morgan fingerprint density at radius 1 is 1.79 bits per heavy atom. The van der Waals surface area contributed by atoms with Gasteiger partial charge in [-0.25, -0.2) is 4.98 Å². The maximum atomic E-state index is 11.4. The van der Waals surface area contributed by atoms with Crippen molar-refractivity contribution in [2.45, 2.75) is 6.54 Å². The first kappa shape index (κ1) is 10.5. The van der Waals surface area contributed by atoms with E-state index in [0.717, 1.165) is 0 Å². The SMILES string of the molecule is C=CCNC(=O)c1cn(CCN)cn1. The van der Waals surface area contributed by atoms with Gasteiger partial charge in [0, 0.05) is 25.8 Å². The molecule has 1 heterocycles. The van der Waals surface area contributed by atoms with Gasteiger partial charge in [-0.1, -0.05) is 6.08 Å². The number of carbonyl (C=O) groups excluding carboxylic acids is 1. The third-order valence-electron chi connectivity index (χ3n) is 1.66. The zero-order chi connectivity index (χ0) is 10.4. The van der Waals surface area contributed by atoms with E-state index in [4.69, 9.17) is 5.73 Å². The van der Waals surface area contributed by atoms with Crippen molar-refractivity contribution in [3.05, 3.63) is 30.9 Å². The standard InChI is InChI=1S/C9H14N4O/c1-2-4-11-9(14)8-6-13(5-3-10)7-12-8/h2,6-7H,1,3-5,10H2,(H,11,14). The number of imidazole rings is 1. The van der Waals surface area contributed by atoms with Crippen molar-refractivity contribution in [2.24, 2.45) is 5.73 Å². The Morgan fingerprint density at radius 3 is 3.21 bits per heavy atom. The second kappa shape index (κ2) is 5.18. The molecule has 0 bridgehead atoms. The molecule has 76 valence electrons. The topological polar surface area (TPSA) is 72.9 Å². The van der Waals surface area contributed by atoms with Gasteiger partial charge in [0.05, 0.1) is 6.33 Å². The molecule has 5 heteroatoms. The van der Waals surface area contributed by atoms with Gasteiger partial charge >= 0.3 is 0 Å². The minimum Gasteiger partial charge on any atom is -0.347 e. The van der Waals surface area contributed by atoms with E-state index in [0.29, 0.717) is 25.3 Å². The lowest BCUT2D eigenvalue weighted by atomic mass is 10.4. The van der Waals surface area contributed by atoms with Crippen LogP contribution in [0.15, 0.2) is 25.2 Å². The molecule has 0 aliphatic heterocycles. The lowest BCUT2D eigenvalue weighted by Gasteiger charge is -1.97. The summed E-state index contributed by atoms with van der Waals surface area (Å²) in [7, 11) is 0. The van der Waals surface area contributed by atoms with Gasteiger partial charge in [0.25, 0.3) is 5.91 Å². The Labute approximate surface area is 82.6 Å². The first-order chi connectivity index (χ1) is 6.77. The number of amides is 1. The largest absolute Gasteiger partial charge is 0.347 e. The first-order valence-corrected chi connectivity index (χ1v) is 4.39. The lowest BCUT2D eigenvalue weighted by molar-refractivity contribution is 0.0953. The smallest absolute Gasteiger partial charge is 0.271 e. The van der Waals surface area contributed by atoms with E-state index >= 15 is 0 Å². The molecule has 0 spiro atoms. The van der Waals surface area contributed by atoms with Crippen molar-refractivity contribution in [3.8, 4) is 0 Å². The first-order valence-electron chi connectivity index (χ1n) is 4.39. The third kappa shape index (κ3) is 2.70. The highest BCUT2D eigenvalue weighted by Crippen LogP contribution is 1.95. The molecule has 5 nitrogen and oxygen atoms in total. The minimum absolute atomic E-state index is 0.194. The van der Waals surface area contributed by atoms with E-state index in [1.165, 1.54) is 0 Å². The summed E-state index contributed by atoms with van der Waals surface area (Å²) in [6, 6.07) is 0. The van der Waals surface area contributed by atoms with E-state index in [9.17, 15) is 4.79 Å². The highest BCUT2D eigenvalue weighted by molar-refractivity contribution is 5.92. The second-order valence-corrected chi connectivity index (χ2v) is 2.78. The molecule has 0 unspecified atom stereocenters.